The Morgan fingerprint density at radius 2 is 1.62 bits per heavy atom. The van der Waals surface area contributed by atoms with E-state index in [1.54, 1.807) is 42.5 Å². The van der Waals surface area contributed by atoms with Crippen LogP contribution in [0.5, 0.6) is 0 Å². The van der Waals surface area contributed by atoms with Gasteiger partial charge in [0.25, 0.3) is 11.8 Å². The number of fused-ring (bicyclic) bond motifs is 1. The van der Waals surface area contributed by atoms with Gasteiger partial charge in [0.1, 0.15) is 0 Å². The summed E-state index contributed by atoms with van der Waals surface area (Å²) in [6.07, 6.45) is 0.543. The fraction of sp³-hybridized carbons (Fsp3) is 0.118. The number of benzene rings is 2. The van der Waals surface area contributed by atoms with Gasteiger partial charge in [0.2, 0.25) is 0 Å². The van der Waals surface area contributed by atoms with E-state index >= 15 is 0 Å². The molecule has 0 aliphatic carbocycles. The van der Waals surface area contributed by atoms with Crippen LogP contribution in [0.15, 0.2) is 48.5 Å². The van der Waals surface area contributed by atoms with Gasteiger partial charge in [-0.3, -0.25) is 14.5 Å². The van der Waals surface area contributed by atoms with Crippen LogP contribution in [0, 0.1) is 11.3 Å². The number of rotatable bonds is 3. The molecule has 0 aromatic heterocycles. The van der Waals surface area contributed by atoms with E-state index in [9.17, 15) is 9.59 Å². The topological polar surface area (TPSA) is 61.2 Å². The Labute approximate surface area is 122 Å². The van der Waals surface area contributed by atoms with Crippen LogP contribution in [0.1, 0.15) is 31.8 Å². The predicted molar refractivity (Wildman–Crippen MR) is 76.7 cm³/mol. The minimum atomic E-state index is -0.243. The van der Waals surface area contributed by atoms with E-state index in [0.29, 0.717) is 29.7 Å². The molecule has 4 nitrogen and oxygen atoms in total. The molecule has 0 saturated carbocycles. The van der Waals surface area contributed by atoms with Gasteiger partial charge in [-0.15, -0.1) is 0 Å². The quantitative estimate of drug-likeness (QED) is 0.809. The van der Waals surface area contributed by atoms with Gasteiger partial charge in [-0.2, -0.15) is 5.26 Å². The van der Waals surface area contributed by atoms with E-state index in [1.807, 2.05) is 6.07 Å². The molecule has 1 aliphatic heterocycles. The molecule has 0 radical (unpaired) electrons. The van der Waals surface area contributed by atoms with Crippen LogP contribution in [0.4, 0.5) is 0 Å². The zero-order valence-corrected chi connectivity index (χ0v) is 11.2. The maximum absolute atomic E-state index is 12.2. The Morgan fingerprint density at radius 1 is 0.952 bits per heavy atom. The molecule has 1 heterocycles. The normalized spacial score (nSPS) is 13.2. The summed E-state index contributed by atoms with van der Waals surface area (Å²) >= 11 is 0. The fourth-order valence-corrected chi connectivity index (χ4v) is 2.48. The number of carbonyl (C=O) groups excluding carboxylic acids is 2. The summed E-state index contributed by atoms with van der Waals surface area (Å²) in [5.74, 6) is -0.487. The van der Waals surface area contributed by atoms with Crippen LogP contribution >= 0.6 is 0 Å². The summed E-state index contributed by atoms with van der Waals surface area (Å²) in [6, 6.07) is 16.1. The number of hydrogen-bond acceptors (Lipinski definition) is 3. The van der Waals surface area contributed by atoms with E-state index in [4.69, 9.17) is 5.26 Å². The zero-order chi connectivity index (χ0) is 14.8. The highest BCUT2D eigenvalue weighted by molar-refractivity contribution is 6.21. The maximum Gasteiger partial charge on any atom is 0.261 e. The first-order chi connectivity index (χ1) is 10.2. The molecule has 0 bridgehead atoms. The van der Waals surface area contributed by atoms with Crippen molar-refractivity contribution < 1.29 is 9.59 Å². The second kappa shape index (κ2) is 5.22. The van der Waals surface area contributed by atoms with Crippen LogP contribution in [0.2, 0.25) is 0 Å². The summed E-state index contributed by atoms with van der Waals surface area (Å²) in [7, 11) is 0. The van der Waals surface area contributed by atoms with Gasteiger partial charge >= 0.3 is 0 Å². The molecule has 2 aromatic rings. The lowest BCUT2D eigenvalue weighted by atomic mass is 10.1. The molecule has 0 unspecified atom stereocenters. The second-order valence-electron chi connectivity index (χ2n) is 4.87. The molecule has 0 spiro atoms. The van der Waals surface area contributed by atoms with Crippen LogP contribution in [0.25, 0.3) is 0 Å². The molecule has 0 atom stereocenters. The summed E-state index contributed by atoms with van der Waals surface area (Å²) in [5, 5.41) is 8.88. The summed E-state index contributed by atoms with van der Waals surface area (Å²) in [5.41, 5.74) is 2.45. The SMILES string of the molecule is N#Cc1cccc(CCN2C(=O)c3ccccc3C2=O)c1. The molecular weight excluding hydrogens is 264 g/mol. The van der Waals surface area contributed by atoms with Crippen molar-refractivity contribution in [1.29, 1.82) is 5.26 Å². The third kappa shape index (κ3) is 2.30. The number of nitrogens with zero attached hydrogens (tertiary/aromatic N) is 2. The molecule has 0 N–H and O–H groups in total. The Bertz CT molecular complexity index is 739. The number of nitriles is 1. The molecule has 2 amide bonds. The molecular formula is C17H12N2O2. The van der Waals surface area contributed by atoms with E-state index in [2.05, 4.69) is 6.07 Å². The van der Waals surface area contributed by atoms with Crippen molar-refractivity contribution in [3.05, 3.63) is 70.8 Å². The lowest BCUT2D eigenvalue weighted by Gasteiger charge is -2.13. The van der Waals surface area contributed by atoms with Crippen molar-refractivity contribution in [3.8, 4) is 6.07 Å². The Balaban J connectivity index is 1.77. The van der Waals surface area contributed by atoms with Gasteiger partial charge in [0.15, 0.2) is 0 Å². The van der Waals surface area contributed by atoms with Crippen molar-refractivity contribution in [2.75, 3.05) is 6.54 Å². The first-order valence-corrected chi connectivity index (χ1v) is 6.65. The Hall–Kier alpha value is -2.93. The van der Waals surface area contributed by atoms with Crippen molar-refractivity contribution in [3.63, 3.8) is 0 Å². The van der Waals surface area contributed by atoms with Crippen LogP contribution < -0.4 is 0 Å². The minimum Gasteiger partial charge on any atom is -0.274 e. The van der Waals surface area contributed by atoms with Crippen molar-refractivity contribution >= 4 is 11.8 Å². The van der Waals surface area contributed by atoms with E-state index in [-0.39, 0.29) is 11.8 Å². The number of carbonyl (C=O) groups is 2. The van der Waals surface area contributed by atoms with E-state index in [0.717, 1.165) is 5.56 Å². The van der Waals surface area contributed by atoms with Gasteiger partial charge in [-0.25, -0.2) is 0 Å². The minimum absolute atomic E-state index is 0.243. The highest BCUT2D eigenvalue weighted by Crippen LogP contribution is 2.22. The third-order valence-corrected chi connectivity index (χ3v) is 3.56. The molecule has 2 aromatic carbocycles. The highest BCUT2D eigenvalue weighted by atomic mass is 16.2. The third-order valence-electron chi connectivity index (χ3n) is 3.56. The number of amides is 2. The largest absolute Gasteiger partial charge is 0.274 e. The summed E-state index contributed by atoms with van der Waals surface area (Å²) < 4.78 is 0. The van der Waals surface area contributed by atoms with E-state index < -0.39 is 0 Å². The van der Waals surface area contributed by atoms with E-state index in [1.165, 1.54) is 4.90 Å². The Morgan fingerprint density at radius 3 is 2.24 bits per heavy atom. The van der Waals surface area contributed by atoms with Crippen molar-refractivity contribution in [1.82, 2.24) is 4.90 Å². The second-order valence-corrected chi connectivity index (χ2v) is 4.87. The van der Waals surface area contributed by atoms with Gasteiger partial charge in [0, 0.05) is 6.54 Å². The average molecular weight is 276 g/mol. The van der Waals surface area contributed by atoms with Crippen molar-refractivity contribution in [2.24, 2.45) is 0 Å². The zero-order valence-electron chi connectivity index (χ0n) is 11.2. The smallest absolute Gasteiger partial charge is 0.261 e. The highest BCUT2D eigenvalue weighted by Gasteiger charge is 2.34. The average Bonchev–Trinajstić information content (AvgIpc) is 2.78. The lowest BCUT2D eigenvalue weighted by molar-refractivity contribution is 0.0656. The number of hydrogen-bond donors (Lipinski definition) is 0. The molecule has 0 fully saturated rings. The van der Waals surface area contributed by atoms with Gasteiger partial charge in [-0.05, 0) is 36.2 Å². The van der Waals surface area contributed by atoms with Crippen LogP contribution in [-0.4, -0.2) is 23.3 Å². The predicted octanol–water partition coefficient (Wildman–Crippen LogP) is 2.40. The van der Waals surface area contributed by atoms with Gasteiger partial charge < -0.3 is 0 Å². The fourth-order valence-electron chi connectivity index (χ4n) is 2.48. The van der Waals surface area contributed by atoms with Crippen LogP contribution in [0.3, 0.4) is 0 Å². The Kier molecular flexibility index (Phi) is 3.25. The molecule has 0 saturated heterocycles. The van der Waals surface area contributed by atoms with Gasteiger partial charge in [-0.1, -0.05) is 24.3 Å². The van der Waals surface area contributed by atoms with Crippen molar-refractivity contribution in [2.45, 2.75) is 6.42 Å². The number of imide groups is 1. The maximum atomic E-state index is 12.2. The van der Waals surface area contributed by atoms with Crippen LogP contribution in [-0.2, 0) is 6.42 Å². The molecule has 21 heavy (non-hydrogen) atoms. The monoisotopic (exact) mass is 276 g/mol. The molecule has 1 aliphatic rings. The standard InChI is InChI=1S/C17H12N2O2/c18-11-13-5-3-4-12(10-13)8-9-19-16(20)14-6-1-2-7-15(14)17(19)21/h1-7,10H,8-9H2. The first kappa shape index (κ1) is 13.1. The lowest BCUT2D eigenvalue weighted by Crippen LogP contribution is -2.31. The summed E-state index contributed by atoms with van der Waals surface area (Å²) in [4.78, 5) is 25.7. The molecule has 102 valence electrons. The molecule has 4 heteroatoms. The van der Waals surface area contributed by atoms with Gasteiger partial charge in [0.05, 0.1) is 22.8 Å². The first-order valence-electron chi connectivity index (χ1n) is 6.65. The summed E-state index contributed by atoms with van der Waals surface area (Å²) in [6.45, 7) is 0.321. The molecule has 3 rings (SSSR count).